The van der Waals surface area contributed by atoms with E-state index in [-0.39, 0.29) is 18.7 Å². The molecule has 1 aliphatic rings. The molecule has 1 aliphatic carbocycles. The third-order valence-corrected chi connectivity index (χ3v) is 3.62. The number of nitro groups is 1. The second-order valence-electron chi connectivity index (χ2n) is 5.19. The predicted molar refractivity (Wildman–Crippen MR) is 68.1 cm³/mol. The van der Waals surface area contributed by atoms with Gasteiger partial charge in [0.05, 0.1) is 10.5 Å². The van der Waals surface area contributed by atoms with Crippen molar-refractivity contribution in [3.63, 3.8) is 0 Å². The van der Waals surface area contributed by atoms with Gasteiger partial charge in [-0.3, -0.25) is 10.1 Å². The molecule has 110 valence electrons. The van der Waals surface area contributed by atoms with Crippen LogP contribution in [0.5, 0.6) is 0 Å². The largest absolute Gasteiger partial charge is 0.389 e. The summed E-state index contributed by atoms with van der Waals surface area (Å²) in [5.74, 6) is -2.02. The minimum absolute atomic E-state index is 0.00919. The summed E-state index contributed by atoms with van der Waals surface area (Å²) < 4.78 is 26.7. The predicted octanol–water partition coefficient (Wildman–Crippen LogP) is 2.27. The average molecular weight is 286 g/mol. The second-order valence-corrected chi connectivity index (χ2v) is 5.19. The number of hydrogen-bond donors (Lipinski definition) is 2. The fraction of sp³-hybridized carbons (Fsp3) is 0.538. The van der Waals surface area contributed by atoms with Crippen molar-refractivity contribution in [2.45, 2.75) is 37.8 Å². The van der Waals surface area contributed by atoms with E-state index in [2.05, 4.69) is 5.32 Å². The SMILES string of the molecule is O=[N+]([O-])c1cc(CNCC2(O)CCCC2)c(F)cc1F. The number of nitro benzene ring substituents is 1. The summed E-state index contributed by atoms with van der Waals surface area (Å²) in [5, 5.41) is 23.6. The van der Waals surface area contributed by atoms with Crippen LogP contribution >= 0.6 is 0 Å². The number of nitrogens with one attached hydrogen (secondary N) is 1. The molecule has 1 fully saturated rings. The molecule has 0 radical (unpaired) electrons. The van der Waals surface area contributed by atoms with Crippen molar-refractivity contribution >= 4 is 5.69 Å². The maximum atomic E-state index is 13.5. The molecular formula is C13H16F2N2O3. The molecule has 1 saturated carbocycles. The summed E-state index contributed by atoms with van der Waals surface area (Å²) in [4.78, 5) is 9.72. The summed E-state index contributed by atoms with van der Waals surface area (Å²) in [5.41, 5.74) is -1.52. The molecule has 1 aromatic rings. The van der Waals surface area contributed by atoms with Gasteiger partial charge in [-0.15, -0.1) is 0 Å². The van der Waals surface area contributed by atoms with Gasteiger partial charge in [0.25, 0.3) is 0 Å². The van der Waals surface area contributed by atoms with Gasteiger partial charge >= 0.3 is 5.69 Å². The van der Waals surface area contributed by atoms with Gasteiger partial charge in [-0.2, -0.15) is 4.39 Å². The second kappa shape index (κ2) is 5.80. The van der Waals surface area contributed by atoms with Crippen molar-refractivity contribution in [2.75, 3.05) is 6.54 Å². The highest BCUT2D eigenvalue weighted by Gasteiger charge is 2.30. The highest BCUT2D eigenvalue weighted by atomic mass is 19.1. The first kappa shape index (κ1) is 14.8. The monoisotopic (exact) mass is 286 g/mol. The Morgan fingerprint density at radius 1 is 1.30 bits per heavy atom. The van der Waals surface area contributed by atoms with Gasteiger partial charge in [0.2, 0.25) is 5.82 Å². The molecule has 1 aromatic carbocycles. The van der Waals surface area contributed by atoms with Crippen molar-refractivity contribution in [2.24, 2.45) is 0 Å². The summed E-state index contributed by atoms with van der Waals surface area (Å²) in [7, 11) is 0. The number of nitrogens with zero attached hydrogens (tertiary/aromatic N) is 1. The van der Waals surface area contributed by atoms with Crippen LogP contribution < -0.4 is 5.32 Å². The lowest BCUT2D eigenvalue weighted by Crippen LogP contribution is -2.37. The number of aliphatic hydroxyl groups is 1. The fourth-order valence-electron chi connectivity index (χ4n) is 2.50. The number of rotatable bonds is 5. The maximum Gasteiger partial charge on any atom is 0.305 e. The van der Waals surface area contributed by atoms with Gasteiger partial charge in [0.15, 0.2) is 0 Å². The molecule has 0 aromatic heterocycles. The van der Waals surface area contributed by atoms with Gasteiger partial charge < -0.3 is 10.4 Å². The van der Waals surface area contributed by atoms with Gasteiger partial charge in [0.1, 0.15) is 5.82 Å². The maximum absolute atomic E-state index is 13.5. The molecule has 0 atom stereocenters. The molecule has 0 unspecified atom stereocenters. The van der Waals surface area contributed by atoms with Crippen LogP contribution in [0.2, 0.25) is 0 Å². The van der Waals surface area contributed by atoms with E-state index < -0.39 is 27.8 Å². The zero-order valence-corrected chi connectivity index (χ0v) is 10.9. The lowest BCUT2D eigenvalue weighted by atomic mass is 10.0. The molecule has 0 amide bonds. The smallest absolute Gasteiger partial charge is 0.305 e. The van der Waals surface area contributed by atoms with Crippen molar-refractivity contribution in [1.82, 2.24) is 5.32 Å². The van der Waals surface area contributed by atoms with Gasteiger partial charge in [-0.05, 0) is 12.8 Å². The number of halogens is 2. The zero-order valence-electron chi connectivity index (χ0n) is 10.9. The quantitative estimate of drug-likeness (QED) is 0.643. The van der Waals surface area contributed by atoms with Crippen molar-refractivity contribution in [3.8, 4) is 0 Å². The van der Waals surface area contributed by atoms with Gasteiger partial charge in [-0.1, -0.05) is 12.8 Å². The van der Waals surface area contributed by atoms with Gasteiger partial charge in [0, 0.05) is 30.8 Å². The minimum Gasteiger partial charge on any atom is -0.389 e. The molecule has 0 saturated heterocycles. The average Bonchev–Trinajstić information content (AvgIpc) is 2.78. The first-order valence-electron chi connectivity index (χ1n) is 6.47. The first-order valence-corrected chi connectivity index (χ1v) is 6.47. The summed E-state index contributed by atoms with van der Waals surface area (Å²) in [6, 6.07) is 1.40. The Morgan fingerprint density at radius 3 is 2.55 bits per heavy atom. The van der Waals surface area contributed by atoms with Gasteiger partial charge in [-0.25, -0.2) is 4.39 Å². The summed E-state index contributed by atoms with van der Waals surface area (Å²) in [6.07, 6.45) is 3.28. The van der Waals surface area contributed by atoms with Crippen LogP contribution in [0.25, 0.3) is 0 Å². The van der Waals surface area contributed by atoms with E-state index in [9.17, 15) is 24.0 Å². The van der Waals surface area contributed by atoms with Crippen LogP contribution in [-0.2, 0) is 6.54 Å². The Labute approximate surface area is 114 Å². The molecule has 2 N–H and O–H groups in total. The van der Waals surface area contributed by atoms with Crippen LogP contribution in [0.15, 0.2) is 12.1 Å². The first-order chi connectivity index (χ1) is 9.41. The lowest BCUT2D eigenvalue weighted by molar-refractivity contribution is -0.387. The van der Waals surface area contributed by atoms with E-state index in [1.54, 1.807) is 0 Å². The Balaban J connectivity index is 2.02. The molecule has 0 aliphatic heterocycles. The van der Waals surface area contributed by atoms with Crippen LogP contribution in [0.1, 0.15) is 31.2 Å². The van der Waals surface area contributed by atoms with Crippen molar-refractivity contribution < 1.29 is 18.8 Å². The Hall–Kier alpha value is -1.60. The van der Waals surface area contributed by atoms with E-state index in [1.807, 2.05) is 0 Å². The van der Waals surface area contributed by atoms with Crippen LogP contribution in [0, 0.1) is 21.7 Å². The Kier molecular flexibility index (Phi) is 4.29. The third kappa shape index (κ3) is 3.29. The van der Waals surface area contributed by atoms with E-state index in [4.69, 9.17) is 0 Å². The van der Waals surface area contributed by atoms with E-state index >= 15 is 0 Å². The highest BCUT2D eigenvalue weighted by molar-refractivity contribution is 5.37. The summed E-state index contributed by atoms with van der Waals surface area (Å²) in [6.45, 7) is 0.298. The molecule has 20 heavy (non-hydrogen) atoms. The Bertz CT molecular complexity index is 517. The van der Waals surface area contributed by atoms with E-state index in [1.165, 1.54) is 0 Å². The van der Waals surface area contributed by atoms with E-state index in [0.717, 1.165) is 18.9 Å². The highest BCUT2D eigenvalue weighted by Crippen LogP contribution is 2.28. The normalized spacial score (nSPS) is 17.4. The van der Waals surface area contributed by atoms with Crippen LogP contribution in [0.3, 0.4) is 0 Å². The number of hydrogen-bond acceptors (Lipinski definition) is 4. The molecule has 7 heteroatoms. The standard InChI is InChI=1S/C13H16F2N2O3/c14-10-6-11(15)12(17(19)20)5-9(10)7-16-8-13(18)3-1-2-4-13/h5-6,16,18H,1-4,7-8H2. The van der Waals surface area contributed by atoms with Crippen molar-refractivity contribution in [1.29, 1.82) is 0 Å². The van der Waals surface area contributed by atoms with Crippen molar-refractivity contribution in [3.05, 3.63) is 39.4 Å². The third-order valence-electron chi connectivity index (χ3n) is 3.62. The van der Waals surface area contributed by atoms with Crippen LogP contribution in [-0.4, -0.2) is 22.2 Å². The van der Waals surface area contributed by atoms with E-state index in [0.29, 0.717) is 18.9 Å². The van der Waals surface area contributed by atoms with Crippen LogP contribution in [0.4, 0.5) is 14.5 Å². The lowest BCUT2D eigenvalue weighted by Gasteiger charge is -2.22. The zero-order chi connectivity index (χ0) is 14.8. The molecule has 0 bridgehead atoms. The topological polar surface area (TPSA) is 75.4 Å². The molecule has 0 heterocycles. The molecule has 2 rings (SSSR count). The Morgan fingerprint density at radius 2 is 1.95 bits per heavy atom. The molecule has 0 spiro atoms. The molecular weight excluding hydrogens is 270 g/mol. The molecule has 5 nitrogen and oxygen atoms in total. The summed E-state index contributed by atoms with van der Waals surface area (Å²) >= 11 is 0. The number of benzene rings is 1. The minimum atomic E-state index is -1.19. The fourth-order valence-corrected chi connectivity index (χ4v) is 2.50.